The number of halogens is 1. The van der Waals surface area contributed by atoms with Gasteiger partial charge in [-0.2, -0.15) is 0 Å². The van der Waals surface area contributed by atoms with Crippen molar-refractivity contribution in [3.8, 4) is 5.75 Å². The SMILES string of the molecule is CCC1CCCC(N)(Cc2cc(Cl)cc3c2OCC3)C1. The maximum absolute atomic E-state index is 6.70. The zero-order valence-electron chi connectivity index (χ0n) is 12.3. The summed E-state index contributed by atoms with van der Waals surface area (Å²) < 4.78 is 5.81. The molecule has 1 aliphatic carbocycles. The summed E-state index contributed by atoms with van der Waals surface area (Å²) in [5.41, 5.74) is 9.08. The first-order chi connectivity index (χ1) is 9.59. The lowest BCUT2D eigenvalue weighted by atomic mass is 9.72. The van der Waals surface area contributed by atoms with Gasteiger partial charge in [-0.1, -0.05) is 37.8 Å². The van der Waals surface area contributed by atoms with E-state index in [0.29, 0.717) is 0 Å². The first-order valence-corrected chi connectivity index (χ1v) is 8.20. The second-order valence-corrected chi connectivity index (χ2v) is 7.00. The number of nitrogens with two attached hydrogens (primary N) is 1. The summed E-state index contributed by atoms with van der Waals surface area (Å²) >= 11 is 6.25. The summed E-state index contributed by atoms with van der Waals surface area (Å²) in [6, 6.07) is 4.09. The van der Waals surface area contributed by atoms with E-state index in [0.717, 1.165) is 49.0 Å². The lowest BCUT2D eigenvalue weighted by Gasteiger charge is -2.38. The van der Waals surface area contributed by atoms with Crippen LogP contribution in [0.2, 0.25) is 5.02 Å². The fourth-order valence-corrected chi connectivity index (χ4v) is 4.15. The third-order valence-corrected chi connectivity index (χ3v) is 5.15. The van der Waals surface area contributed by atoms with E-state index in [2.05, 4.69) is 13.0 Å². The van der Waals surface area contributed by atoms with Crippen molar-refractivity contribution in [1.82, 2.24) is 0 Å². The van der Waals surface area contributed by atoms with Crippen molar-refractivity contribution in [2.75, 3.05) is 6.61 Å². The molecule has 0 radical (unpaired) electrons. The minimum atomic E-state index is -0.0800. The summed E-state index contributed by atoms with van der Waals surface area (Å²) in [4.78, 5) is 0. The number of rotatable bonds is 3. The summed E-state index contributed by atoms with van der Waals surface area (Å²) in [5.74, 6) is 1.83. The van der Waals surface area contributed by atoms with Crippen molar-refractivity contribution in [2.24, 2.45) is 11.7 Å². The molecule has 110 valence electrons. The second kappa shape index (κ2) is 5.57. The Hall–Kier alpha value is -0.730. The minimum Gasteiger partial charge on any atom is -0.493 e. The van der Waals surface area contributed by atoms with E-state index in [-0.39, 0.29) is 5.54 Å². The van der Waals surface area contributed by atoms with E-state index in [9.17, 15) is 0 Å². The molecule has 0 aromatic heterocycles. The van der Waals surface area contributed by atoms with Crippen LogP contribution in [-0.2, 0) is 12.8 Å². The van der Waals surface area contributed by atoms with Crippen molar-refractivity contribution < 1.29 is 4.74 Å². The van der Waals surface area contributed by atoms with Gasteiger partial charge in [0.25, 0.3) is 0 Å². The van der Waals surface area contributed by atoms with Crippen LogP contribution in [0, 0.1) is 5.92 Å². The molecule has 1 aromatic rings. The van der Waals surface area contributed by atoms with Gasteiger partial charge in [-0.05, 0) is 48.4 Å². The van der Waals surface area contributed by atoms with E-state index < -0.39 is 0 Å². The maximum Gasteiger partial charge on any atom is 0.125 e. The topological polar surface area (TPSA) is 35.2 Å². The van der Waals surface area contributed by atoms with Crippen molar-refractivity contribution in [1.29, 1.82) is 0 Å². The molecule has 1 aliphatic heterocycles. The highest BCUT2D eigenvalue weighted by atomic mass is 35.5. The summed E-state index contributed by atoms with van der Waals surface area (Å²) in [6.07, 6.45) is 7.93. The Labute approximate surface area is 126 Å². The fraction of sp³-hybridized carbons (Fsp3) is 0.647. The van der Waals surface area contributed by atoms with E-state index >= 15 is 0 Å². The van der Waals surface area contributed by atoms with Crippen LogP contribution < -0.4 is 10.5 Å². The molecule has 2 atom stereocenters. The molecule has 1 aromatic carbocycles. The van der Waals surface area contributed by atoms with E-state index in [1.165, 1.54) is 30.4 Å². The molecule has 3 heteroatoms. The summed E-state index contributed by atoms with van der Waals surface area (Å²) in [6.45, 7) is 3.05. The highest BCUT2D eigenvalue weighted by molar-refractivity contribution is 6.30. The molecular formula is C17H24ClNO. The van der Waals surface area contributed by atoms with Gasteiger partial charge in [0.15, 0.2) is 0 Å². The minimum absolute atomic E-state index is 0.0800. The van der Waals surface area contributed by atoms with Gasteiger partial charge in [0.1, 0.15) is 5.75 Å². The molecule has 2 unspecified atom stereocenters. The molecule has 1 heterocycles. The van der Waals surface area contributed by atoms with E-state index in [4.69, 9.17) is 22.1 Å². The Bertz CT molecular complexity index is 502. The quantitative estimate of drug-likeness (QED) is 0.910. The molecule has 1 fully saturated rings. The van der Waals surface area contributed by atoms with Gasteiger partial charge in [-0.3, -0.25) is 0 Å². The van der Waals surface area contributed by atoms with Crippen molar-refractivity contribution in [3.05, 3.63) is 28.3 Å². The zero-order valence-corrected chi connectivity index (χ0v) is 13.0. The van der Waals surface area contributed by atoms with Crippen molar-refractivity contribution in [2.45, 2.75) is 57.4 Å². The highest BCUT2D eigenvalue weighted by Gasteiger charge is 2.33. The van der Waals surface area contributed by atoms with E-state index in [1.54, 1.807) is 0 Å². The van der Waals surface area contributed by atoms with E-state index in [1.807, 2.05) is 6.07 Å². The van der Waals surface area contributed by atoms with Crippen LogP contribution >= 0.6 is 11.6 Å². The standard InChI is InChI=1S/C17H24ClNO/c1-2-12-4-3-6-17(19,10-12)11-14-9-15(18)8-13-5-7-20-16(13)14/h8-9,12H,2-7,10-11,19H2,1H3. The first kappa shape index (κ1) is 14.2. The molecule has 1 saturated carbocycles. The monoisotopic (exact) mass is 293 g/mol. The third-order valence-electron chi connectivity index (χ3n) is 4.93. The first-order valence-electron chi connectivity index (χ1n) is 7.82. The Morgan fingerprint density at radius 1 is 1.45 bits per heavy atom. The van der Waals surface area contributed by atoms with Crippen LogP contribution in [0.4, 0.5) is 0 Å². The van der Waals surface area contributed by atoms with Gasteiger partial charge in [-0.25, -0.2) is 0 Å². The predicted octanol–water partition coefficient (Wildman–Crippen LogP) is 4.12. The molecule has 2 N–H and O–H groups in total. The number of ether oxygens (including phenoxy) is 1. The number of hydrogen-bond donors (Lipinski definition) is 1. The summed E-state index contributed by atoms with van der Waals surface area (Å²) in [7, 11) is 0. The van der Waals surface area contributed by atoms with Crippen molar-refractivity contribution >= 4 is 11.6 Å². The second-order valence-electron chi connectivity index (χ2n) is 6.56. The molecule has 2 nitrogen and oxygen atoms in total. The van der Waals surface area contributed by atoms with Gasteiger partial charge >= 0.3 is 0 Å². The zero-order chi connectivity index (χ0) is 14.2. The van der Waals surface area contributed by atoms with Crippen LogP contribution in [0.25, 0.3) is 0 Å². The van der Waals surface area contributed by atoms with Crippen LogP contribution in [-0.4, -0.2) is 12.1 Å². The summed E-state index contributed by atoms with van der Waals surface area (Å²) in [5, 5.41) is 0.815. The third kappa shape index (κ3) is 2.82. The smallest absolute Gasteiger partial charge is 0.125 e. The number of hydrogen-bond acceptors (Lipinski definition) is 2. The molecule has 2 aliphatic rings. The number of fused-ring (bicyclic) bond motifs is 1. The Morgan fingerprint density at radius 3 is 3.10 bits per heavy atom. The van der Waals surface area contributed by atoms with Gasteiger partial charge < -0.3 is 10.5 Å². The number of benzene rings is 1. The molecule has 0 spiro atoms. The average Bonchev–Trinajstić information content (AvgIpc) is 2.86. The van der Waals surface area contributed by atoms with Crippen LogP contribution in [0.1, 0.15) is 50.2 Å². The molecule has 0 bridgehead atoms. The average molecular weight is 294 g/mol. The van der Waals surface area contributed by atoms with Gasteiger partial charge in [-0.15, -0.1) is 0 Å². The highest BCUT2D eigenvalue weighted by Crippen LogP contribution is 2.39. The molecule has 0 saturated heterocycles. The van der Waals surface area contributed by atoms with Gasteiger partial charge in [0.05, 0.1) is 6.61 Å². The van der Waals surface area contributed by atoms with Crippen LogP contribution in [0.5, 0.6) is 5.75 Å². The Balaban J connectivity index is 1.84. The van der Waals surface area contributed by atoms with Crippen molar-refractivity contribution in [3.63, 3.8) is 0 Å². The Kier molecular flexibility index (Phi) is 3.96. The molecular weight excluding hydrogens is 270 g/mol. The molecule has 20 heavy (non-hydrogen) atoms. The lowest BCUT2D eigenvalue weighted by Crippen LogP contribution is -2.46. The van der Waals surface area contributed by atoms with Gasteiger partial charge in [0.2, 0.25) is 0 Å². The Morgan fingerprint density at radius 2 is 2.30 bits per heavy atom. The fourth-order valence-electron chi connectivity index (χ4n) is 3.89. The van der Waals surface area contributed by atoms with Crippen LogP contribution in [0.3, 0.4) is 0 Å². The normalized spacial score (nSPS) is 29.1. The van der Waals surface area contributed by atoms with Crippen LogP contribution in [0.15, 0.2) is 12.1 Å². The van der Waals surface area contributed by atoms with Gasteiger partial charge in [0, 0.05) is 17.0 Å². The predicted molar refractivity (Wildman–Crippen MR) is 83.5 cm³/mol. The lowest BCUT2D eigenvalue weighted by molar-refractivity contribution is 0.216. The largest absolute Gasteiger partial charge is 0.493 e. The molecule has 3 rings (SSSR count). The maximum atomic E-state index is 6.70. The molecule has 0 amide bonds.